The lowest BCUT2D eigenvalue weighted by Crippen LogP contribution is -2.38. The van der Waals surface area contributed by atoms with Gasteiger partial charge in [-0.3, -0.25) is 9.59 Å². The molecular formula is C17H25BrN2O2. The molecule has 0 aliphatic carbocycles. The van der Waals surface area contributed by atoms with Crippen molar-refractivity contribution < 1.29 is 9.59 Å². The summed E-state index contributed by atoms with van der Waals surface area (Å²) in [7, 11) is 0. The van der Waals surface area contributed by atoms with Gasteiger partial charge in [-0.2, -0.15) is 0 Å². The van der Waals surface area contributed by atoms with Crippen LogP contribution in [0.25, 0.3) is 0 Å². The zero-order chi connectivity index (χ0) is 16.8. The van der Waals surface area contributed by atoms with Gasteiger partial charge < -0.3 is 10.6 Å². The van der Waals surface area contributed by atoms with Crippen molar-refractivity contribution in [1.29, 1.82) is 0 Å². The minimum atomic E-state index is -0.616. The molecule has 1 atom stereocenters. The molecule has 0 aromatic heterocycles. The van der Waals surface area contributed by atoms with Crippen molar-refractivity contribution in [2.24, 2.45) is 0 Å². The van der Waals surface area contributed by atoms with Crippen LogP contribution < -0.4 is 10.6 Å². The third-order valence-corrected chi connectivity index (χ3v) is 3.91. The summed E-state index contributed by atoms with van der Waals surface area (Å²) < 4.78 is -0.616. The Morgan fingerprint density at radius 2 is 1.82 bits per heavy atom. The molecule has 0 aliphatic rings. The lowest BCUT2D eigenvalue weighted by Gasteiger charge is -2.15. The fourth-order valence-corrected chi connectivity index (χ4v) is 1.99. The van der Waals surface area contributed by atoms with Gasteiger partial charge in [0.1, 0.15) is 0 Å². The second-order valence-corrected chi connectivity index (χ2v) is 7.94. The SMILES string of the molecule is CC[C@H](C)c1ccc(NC(=O)CCNC(=O)C(C)(C)Br)cc1. The number of benzene rings is 1. The van der Waals surface area contributed by atoms with Crippen LogP contribution in [0.3, 0.4) is 0 Å². The van der Waals surface area contributed by atoms with E-state index < -0.39 is 4.32 Å². The molecule has 0 unspecified atom stereocenters. The number of anilines is 1. The van der Waals surface area contributed by atoms with E-state index in [9.17, 15) is 9.59 Å². The van der Waals surface area contributed by atoms with Crippen LogP contribution in [-0.2, 0) is 9.59 Å². The second-order valence-electron chi connectivity index (χ2n) is 5.96. The zero-order valence-electron chi connectivity index (χ0n) is 13.7. The molecule has 0 spiro atoms. The predicted octanol–water partition coefficient (Wildman–Crippen LogP) is 3.82. The number of alkyl halides is 1. The number of amides is 2. The topological polar surface area (TPSA) is 58.2 Å². The van der Waals surface area contributed by atoms with Gasteiger partial charge in [-0.15, -0.1) is 0 Å². The Balaban J connectivity index is 2.41. The Morgan fingerprint density at radius 3 is 2.32 bits per heavy atom. The summed E-state index contributed by atoms with van der Waals surface area (Å²) in [5, 5.41) is 5.56. The van der Waals surface area contributed by atoms with Gasteiger partial charge in [0, 0.05) is 18.7 Å². The van der Waals surface area contributed by atoms with E-state index in [1.807, 2.05) is 24.3 Å². The first kappa shape index (κ1) is 18.7. The molecule has 0 heterocycles. The van der Waals surface area contributed by atoms with E-state index in [-0.39, 0.29) is 18.2 Å². The molecule has 0 radical (unpaired) electrons. The Hall–Kier alpha value is -1.36. The van der Waals surface area contributed by atoms with Gasteiger partial charge in [0.05, 0.1) is 4.32 Å². The highest BCUT2D eigenvalue weighted by Crippen LogP contribution is 2.20. The molecule has 22 heavy (non-hydrogen) atoms. The Morgan fingerprint density at radius 1 is 1.23 bits per heavy atom. The van der Waals surface area contributed by atoms with Gasteiger partial charge in [-0.05, 0) is 43.9 Å². The van der Waals surface area contributed by atoms with Gasteiger partial charge in [-0.25, -0.2) is 0 Å². The average Bonchev–Trinajstić information content (AvgIpc) is 2.46. The molecule has 2 amide bonds. The molecule has 5 heteroatoms. The summed E-state index contributed by atoms with van der Waals surface area (Å²) in [4.78, 5) is 23.5. The number of rotatable bonds is 7. The van der Waals surface area contributed by atoms with Crippen molar-refractivity contribution >= 4 is 33.4 Å². The predicted molar refractivity (Wildman–Crippen MR) is 94.4 cm³/mol. The van der Waals surface area contributed by atoms with Crippen LogP contribution in [0.4, 0.5) is 5.69 Å². The summed E-state index contributed by atoms with van der Waals surface area (Å²) in [6.45, 7) is 8.19. The van der Waals surface area contributed by atoms with Crippen molar-refractivity contribution in [2.45, 2.75) is 50.8 Å². The van der Waals surface area contributed by atoms with E-state index in [1.165, 1.54) is 5.56 Å². The minimum Gasteiger partial charge on any atom is -0.354 e. The first-order valence-corrected chi connectivity index (χ1v) is 8.40. The van der Waals surface area contributed by atoms with Crippen molar-refractivity contribution in [2.75, 3.05) is 11.9 Å². The lowest BCUT2D eigenvalue weighted by atomic mass is 9.99. The normalized spacial score (nSPS) is 12.6. The van der Waals surface area contributed by atoms with E-state index in [2.05, 4.69) is 40.4 Å². The van der Waals surface area contributed by atoms with E-state index in [4.69, 9.17) is 0 Å². The highest BCUT2D eigenvalue weighted by Gasteiger charge is 2.22. The zero-order valence-corrected chi connectivity index (χ0v) is 15.3. The van der Waals surface area contributed by atoms with Crippen LogP contribution in [0.5, 0.6) is 0 Å². The molecule has 1 rings (SSSR count). The number of carbonyl (C=O) groups excluding carboxylic acids is 2. The van der Waals surface area contributed by atoms with E-state index in [0.29, 0.717) is 12.5 Å². The largest absolute Gasteiger partial charge is 0.354 e. The van der Waals surface area contributed by atoms with Crippen LogP contribution in [-0.4, -0.2) is 22.7 Å². The van der Waals surface area contributed by atoms with Crippen molar-refractivity contribution in [3.8, 4) is 0 Å². The number of halogens is 1. The molecule has 0 aliphatic heterocycles. The first-order chi connectivity index (χ1) is 10.2. The quantitative estimate of drug-likeness (QED) is 0.718. The molecule has 0 saturated heterocycles. The van der Waals surface area contributed by atoms with Crippen molar-refractivity contribution in [3.05, 3.63) is 29.8 Å². The molecule has 2 N–H and O–H groups in total. The van der Waals surface area contributed by atoms with Crippen LogP contribution in [0.1, 0.15) is 52.0 Å². The Labute approximate surface area is 141 Å². The van der Waals surface area contributed by atoms with Crippen LogP contribution >= 0.6 is 15.9 Å². The smallest absolute Gasteiger partial charge is 0.236 e. The summed E-state index contributed by atoms with van der Waals surface area (Å²) in [6, 6.07) is 7.91. The summed E-state index contributed by atoms with van der Waals surface area (Å²) >= 11 is 3.28. The molecule has 122 valence electrons. The molecule has 4 nitrogen and oxygen atoms in total. The number of hydrogen-bond acceptors (Lipinski definition) is 2. The average molecular weight is 369 g/mol. The van der Waals surface area contributed by atoms with Gasteiger partial charge >= 0.3 is 0 Å². The summed E-state index contributed by atoms with van der Waals surface area (Å²) in [5.74, 6) is 0.287. The molecule has 0 saturated carbocycles. The number of nitrogens with one attached hydrogen (secondary N) is 2. The Kier molecular flexibility index (Phi) is 7.07. The van der Waals surface area contributed by atoms with Crippen molar-refractivity contribution in [3.63, 3.8) is 0 Å². The first-order valence-electron chi connectivity index (χ1n) is 7.61. The highest BCUT2D eigenvalue weighted by molar-refractivity contribution is 9.10. The Bertz CT molecular complexity index is 506. The maximum atomic E-state index is 11.8. The molecule has 0 bridgehead atoms. The fourth-order valence-electron chi connectivity index (χ4n) is 1.85. The molecular weight excluding hydrogens is 344 g/mol. The van der Waals surface area contributed by atoms with E-state index >= 15 is 0 Å². The lowest BCUT2D eigenvalue weighted by molar-refractivity contribution is -0.122. The second kappa shape index (κ2) is 8.32. The van der Waals surface area contributed by atoms with Crippen LogP contribution in [0.2, 0.25) is 0 Å². The summed E-state index contributed by atoms with van der Waals surface area (Å²) in [6.07, 6.45) is 1.34. The van der Waals surface area contributed by atoms with E-state index in [0.717, 1.165) is 12.1 Å². The third-order valence-electron chi connectivity index (χ3n) is 3.55. The summed E-state index contributed by atoms with van der Waals surface area (Å²) in [5.41, 5.74) is 2.05. The van der Waals surface area contributed by atoms with Gasteiger partial charge in [0.15, 0.2) is 0 Å². The fraction of sp³-hybridized carbons (Fsp3) is 0.529. The van der Waals surface area contributed by atoms with Gasteiger partial charge in [0.2, 0.25) is 11.8 Å². The van der Waals surface area contributed by atoms with E-state index in [1.54, 1.807) is 13.8 Å². The molecule has 1 aromatic carbocycles. The highest BCUT2D eigenvalue weighted by atomic mass is 79.9. The third kappa shape index (κ3) is 6.18. The molecule has 1 aromatic rings. The van der Waals surface area contributed by atoms with Crippen LogP contribution in [0, 0.1) is 0 Å². The minimum absolute atomic E-state index is 0.107. The van der Waals surface area contributed by atoms with Crippen molar-refractivity contribution in [1.82, 2.24) is 5.32 Å². The van der Waals surface area contributed by atoms with Gasteiger partial charge in [0.25, 0.3) is 0 Å². The molecule has 0 fully saturated rings. The van der Waals surface area contributed by atoms with Gasteiger partial charge in [-0.1, -0.05) is 41.9 Å². The maximum Gasteiger partial charge on any atom is 0.236 e. The maximum absolute atomic E-state index is 11.8. The number of hydrogen-bond donors (Lipinski definition) is 2. The monoisotopic (exact) mass is 368 g/mol. The van der Waals surface area contributed by atoms with Crippen LogP contribution in [0.15, 0.2) is 24.3 Å². The standard InChI is InChI=1S/C17H25BrN2O2/c1-5-12(2)13-6-8-14(9-7-13)20-15(21)10-11-19-16(22)17(3,4)18/h6-9,12H,5,10-11H2,1-4H3,(H,19,22)(H,20,21)/t12-/m0/s1. The number of carbonyl (C=O) groups is 2.